The van der Waals surface area contributed by atoms with Crippen LogP contribution in [0.15, 0.2) is 121 Å². The molecule has 0 aliphatic heterocycles. The summed E-state index contributed by atoms with van der Waals surface area (Å²) in [6.07, 6.45) is 1.16. The second kappa shape index (κ2) is 12.1. The SMILES string of the molecule is CN(CCN(C)Cc1ccccc1)CC[PH](c1ccccc1)(c1ccccc1)c1ccccc1. The molecule has 0 N–H and O–H groups in total. The van der Waals surface area contributed by atoms with E-state index in [0.717, 1.165) is 32.3 Å². The minimum atomic E-state index is -2.16. The van der Waals surface area contributed by atoms with E-state index in [-0.39, 0.29) is 0 Å². The van der Waals surface area contributed by atoms with E-state index < -0.39 is 7.26 Å². The van der Waals surface area contributed by atoms with Crippen LogP contribution in [0, 0.1) is 0 Å². The molecule has 0 saturated heterocycles. The number of hydrogen-bond donors (Lipinski definition) is 0. The maximum absolute atomic E-state index is 2.51. The first-order valence-electron chi connectivity index (χ1n) is 12.3. The predicted molar refractivity (Wildman–Crippen MR) is 152 cm³/mol. The van der Waals surface area contributed by atoms with Crippen molar-refractivity contribution < 1.29 is 0 Å². The molecule has 176 valence electrons. The summed E-state index contributed by atoms with van der Waals surface area (Å²) in [6, 6.07) is 44.4. The molecule has 0 unspecified atom stereocenters. The van der Waals surface area contributed by atoms with Crippen molar-refractivity contribution in [1.82, 2.24) is 9.80 Å². The van der Waals surface area contributed by atoms with Gasteiger partial charge in [-0.15, -0.1) is 0 Å². The summed E-state index contributed by atoms with van der Waals surface area (Å²) in [5.41, 5.74) is 1.37. The van der Waals surface area contributed by atoms with E-state index in [2.05, 4.69) is 145 Å². The first-order valence-corrected chi connectivity index (χ1v) is 14.5. The third-order valence-corrected chi connectivity index (χ3v) is 11.8. The molecule has 0 aliphatic carbocycles. The van der Waals surface area contributed by atoms with E-state index in [1.807, 2.05) is 0 Å². The van der Waals surface area contributed by atoms with Crippen LogP contribution in [0.5, 0.6) is 0 Å². The van der Waals surface area contributed by atoms with Crippen LogP contribution in [-0.2, 0) is 6.54 Å². The molecule has 0 bridgehead atoms. The van der Waals surface area contributed by atoms with Crippen molar-refractivity contribution in [2.24, 2.45) is 0 Å². The standard InChI is InChI=1S/C31H37N2P/c1-32(23-24-33(2)27-28-15-7-3-8-16-28)25-26-34(29-17-9-4-10-18-29,30-19-11-5-12-20-30)31-21-13-6-14-22-31/h3-22,34H,23-27H2,1-2H3. The molecule has 4 aromatic carbocycles. The summed E-state index contributed by atoms with van der Waals surface area (Å²) in [7, 11) is 2.34. The Bertz CT molecular complexity index is 1000. The molecular weight excluding hydrogens is 431 g/mol. The summed E-state index contributed by atoms with van der Waals surface area (Å²) in [4.78, 5) is 4.93. The summed E-state index contributed by atoms with van der Waals surface area (Å²) < 4.78 is 0. The molecular formula is C31H37N2P. The number of hydrogen-bond acceptors (Lipinski definition) is 2. The van der Waals surface area contributed by atoms with Crippen molar-refractivity contribution in [3.05, 3.63) is 127 Å². The van der Waals surface area contributed by atoms with Gasteiger partial charge in [-0.3, -0.25) is 0 Å². The molecule has 0 heterocycles. The Morgan fingerprint density at radius 2 is 0.853 bits per heavy atom. The van der Waals surface area contributed by atoms with Crippen molar-refractivity contribution in [1.29, 1.82) is 0 Å². The van der Waals surface area contributed by atoms with Gasteiger partial charge in [0.25, 0.3) is 0 Å². The zero-order chi connectivity index (χ0) is 23.6. The normalized spacial score (nSPS) is 12.2. The van der Waals surface area contributed by atoms with E-state index in [4.69, 9.17) is 0 Å². The van der Waals surface area contributed by atoms with Gasteiger partial charge in [-0.25, -0.2) is 0 Å². The topological polar surface area (TPSA) is 6.48 Å². The predicted octanol–water partition coefficient (Wildman–Crippen LogP) is 4.78. The molecule has 0 aliphatic rings. The van der Waals surface area contributed by atoms with Crippen LogP contribution in [0.4, 0.5) is 0 Å². The molecule has 0 atom stereocenters. The van der Waals surface area contributed by atoms with Gasteiger partial charge in [0.15, 0.2) is 0 Å². The monoisotopic (exact) mass is 468 g/mol. The van der Waals surface area contributed by atoms with E-state index >= 15 is 0 Å². The van der Waals surface area contributed by atoms with E-state index in [1.165, 1.54) is 21.5 Å². The van der Waals surface area contributed by atoms with Gasteiger partial charge in [0.1, 0.15) is 0 Å². The number of benzene rings is 4. The second-order valence-corrected chi connectivity index (χ2v) is 13.3. The van der Waals surface area contributed by atoms with Crippen LogP contribution >= 0.6 is 7.26 Å². The van der Waals surface area contributed by atoms with Crippen molar-refractivity contribution in [3.8, 4) is 0 Å². The van der Waals surface area contributed by atoms with Crippen LogP contribution in [0.1, 0.15) is 5.56 Å². The van der Waals surface area contributed by atoms with Crippen LogP contribution in [0.25, 0.3) is 0 Å². The fraction of sp³-hybridized carbons (Fsp3) is 0.226. The quantitative estimate of drug-likeness (QED) is 0.293. The van der Waals surface area contributed by atoms with Gasteiger partial charge in [0, 0.05) is 0 Å². The Hall–Kier alpha value is -2.77. The molecule has 3 heteroatoms. The van der Waals surface area contributed by atoms with Crippen molar-refractivity contribution in [3.63, 3.8) is 0 Å². The average molecular weight is 469 g/mol. The van der Waals surface area contributed by atoms with Crippen LogP contribution in [-0.4, -0.2) is 49.7 Å². The van der Waals surface area contributed by atoms with Gasteiger partial charge >= 0.3 is 206 Å². The summed E-state index contributed by atoms with van der Waals surface area (Å²) in [6.45, 7) is 4.18. The second-order valence-electron chi connectivity index (χ2n) is 9.28. The Morgan fingerprint density at radius 3 is 1.29 bits per heavy atom. The Labute approximate surface area is 206 Å². The fourth-order valence-corrected chi connectivity index (χ4v) is 9.75. The van der Waals surface area contributed by atoms with E-state index in [1.54, 1.807) is 0 Å². The Balaban J connectivity index is 1.53. The zero-order valence-electron chi connectivity index (χ0n) is 20.5. The number of rotatable bonds is 11. The molecule has 0 amide bonds. The molecule has 0 saturated carbocycles. The molecule has 0 aromatic heterocycles. The van der Waals surface area contributed by atoms with Crippen molar-refractivity contribution in [2.75, 3.05) is 39.9 Å². The summed E-state index contributed by atoms with van der Waals surface area (Å²) in [5.74, 6) is 0. The van der Waals surface area contributed by atoms with Crippen molar-refractivity contribution in [2.45, 2.75) is 6.54 Å². The van der Waals surface area contributed by atoms with E-state index in [9.17, 15) is 0 Å². The summed E-state index contributed by atoms with van der Waals surface area (Å²) in [5, 5.41) is 4.46. The molecule has 4 aromatic rings. The Morgan fingerprint density at radius 1 is 0.471 bits per heavy atom. The maximum atomic E-state index is 2.51. The number of likely N-dealkylation sites (N-methyl/N-ethyl adjacent to an activating group) is 2. The first kappa shape index (κ1) is 24.4. The van der Waals surface area contributed by atoms with E-state index in [0.29, 0.717) is 0 Å². The van der Waals surface area contributed by atoms with Crippen LogP contribution in [0.3, 0.4) is 0 Å². The van der Waals surface area contributed by atoms with Crippen LogP contribution < -0.4 is 15.9 Å². The van der Waals surface area contributed by atoms with Crippen LogP contribution in [0.2, 0.25) is 0 Å². The third kappa shape index (κ3) is 6.02. The zero-order valence-corrected chi connectivity index (χ0v) is 21.5. The molecule has 34 heavy (non-hydrogen) atoms. The fourth-order valence-electron chi connectivity index (χ4n) is 4.89. The van der Waals surface area contributed by atoms with Gasteiger partial charge in [-0.1, -0.05) is 0 Å². The van der Waals surface area contributed by atoms with Gasteiger partial charge in [-0.05, 0) is 0 Å². The minimum absolute atomic E-state index is 0.991. The van der Waals surface area contributed by atoms with Gasteiger partial charge in [-0.2, -0.15) is 0 Å². The number of nitrogens with zero attached hydrogens (tertiary/aromatic N) is 2. The first-order chi connectivity index (χ1) is 16.7. The Kier molecular flexibility index (Phi) is 8.66. The van der Waals surface area contributed by atoms with Gasteiger partial charge in [0.05, 0.1) is 0 Å². The third-order valence-electron chi connectivity index (χ3n) is 6.83. The average Bonchev–Trinajstić information content (AvgIpc) is 2.90. The molecule has 2 nitrogen and oxygen atoms in total. The van der Waals surface area contributed by atoms with Gasteiger partial charge < -0.3 is 0 Å². The molecule has 4 rings (SSSR count). The van der Waals surface area contributed by atoms with Gasteiger partial charge in [0.2, 0.25) is 0 Å². The molecule has 0 spiro atoms. The molecule has 0 radical (unpaired) electrons. The molecule has 0 fully saturated rings. The summed E-state index contributed by atoms with van der Waals surface area (Å²) >= 11 is 0. The van der Waals surface area contributed by atoms with Crippen molar-refractivity contribution >= 4 is 23.2 Å².